The van der Waals surface area contributed by atoms with E-state index in [2.05, 4.69) is 4.84 Å². The predicted molar refractivity (Wildman–Crippen MR) is 67.5 cm³/mol. The van der Waals surface area contributed by atoms with Gasteiger partial charge >= 0.3 is 12.1 Å². The minimum Gasteiger partial charge on any atom is -0.481 e. The van der Waals surface area contributed by atoms with Crippen LogP contribution in [0.5, 0.6) is 0 Å². The minimum absolute atomic E-state index is 0.0180. The summed E-state index contributed by atoms with van der Waals surface area (Å²) >= 11 is 0. The second kappa shape index (κ2) is 7.78. The first kappa shape index (κ1) is 15.5. The molecule has 0 fully saturated rings. The van der Waals surface area contributed by atoms with Crippen molar-refractivity contribution in [1.29, 1.82) is 0 Å². The van der Waals surface area contributed by atoms with Crippen LogP contribution in [-0.2, 0) is 25.8 Å². The smallest absolute Gasteiger partial charge is 0.481 e. The monoisotopic (exact) mass is 281 g/mol. The molecule has 0 bridgehead atoms. The molecule has 108 valence electrons. The van der Waals surface area contributed by atoms with Crippen LogP contribution in [0, 0.1) is 6.92 Å². The first-order valence-corrected chi connectivity index (χ1v) is 5.87. The van der Waals surface area contributed by atoms with Crippen molar-refractivity contribution in [3.05, 3.63) is 35.4 Å². The van der Waals surface area contributed by atoms with Crippen molar-refractivity contribution in [2.45, 2.75) is 26.4 Å². The van der Waals surface area contributed by atoms with Gasteiger partial charge in [0.05, 0.1) is 6.42 Å². The van der Waals surface area contributed by atoms with Crippen LogP contribution >= 0.6 is 0 Å². The van der Waals surface area contributed by atoms with E-state index in [1.54, 1.807) is 17.6 Å². The van der Waals surface area contributed by atoms with E-state index in [4.69, 9.17) is 9.84 Å². The Bertz CT molecular complexity index is 482. The van der Waals surface area contributed by atoms with Crippen LogP contribution in [0.2, 0.25) is 0 Å². The summed E-state index contributed by atoms with van der Waals surface area (Å²) in [5.41, 5.74) is 3.67. The van der Waals surface area contributed by atoms with Gasteiger partial charge < -0.3 is 14.7 Å². The highest BCUT2D eigenvalue weighted by Crippen LogP contribution is 2.04. The van der Waals surface area contributed by atoms with Gasteiger partial charge in [0.2, 0.25) is 0 Å². The third kappa shape index (κ3) is 6.39. The molecule has 0 aliphatic heterocycles. The van der Waals surface area contributed by atoms with Gasteiger partial charge in [-0.25, -0.2) is 4.79 Å². The fourth-order valence-corrected chi connectivity index (χ4v) is 1.23. The van der Waals surface area contributed by atoms with E-state index in [0.717, 1.165) is 11.1 Å². The topological polar surface area (TPSA) is 102 Å². The molecule has 0 aromatic heterocycles. The zero-order valence-corrected chi connectivity index (χ0v) is 10.9. The maximum atomic E-state index is 11.2. The second-order valence-electron chi connectivity index (χ2n) is 4.05. The molecule has 2 N–H and O–H groups in total. The van der Waals surface area contributed by atoms with Gasteiger partial charge in [-0.05, 0) is 12.5 Å². The number of hydroxylamine groups is 1. The lowest BCUT2D eigenvalue weighted by molar-refractivity contribution is -0.140. The number of nitrogens with one attached hydrogen (secondary N) is 1. The Morgan fingerprint density at radius 1 is 1.15 bits per heavy atom. The summed E-state index contributed by atoms with van der Waals surface area (Å²) in [7, 11) is 0. The number of benzene rings is 1. The van der Waals surface area contributed by atoms with Crippen LogP contribution < -0.4 is 5.48 Å². The molecule has 0 heterocycles. The van der Waals surface area contributed by atoms with Crippen molar-refractivity contribution >= 4 is 18.0 Å². The Kier molecular flexibility index (Phi) is 6.02. The number of carboxylic acid groups (broad SMARTS) is 1. The molecule has 0 aliphatic carbocycles. The van der Waals surface area contributed by atoms with Gasteiger partial charge in [-0.1, -0.05) is 29.8 Å². The third-order valence-corrected chi connectivity index (χ3v) is 2.29. The standard InChI is InChI=1S/C13H15NO6/c1-9-2-4-10(5-3-9)8-19-13(18)20-14-11(15)6-7-12(16)17/h2-5H,6-8H2,1H3,(H,14,15)(H,16,17). The van der Waals surface area contributed by atoms with Gasteiger partial charge in [0.15, 0.2) is 0 Å². The number of aliphatic carboxylic acids is 1. The van der Waals surface area contributed by atoms with Crippen LogP contribution in [0.25, 0.3) is 0 Å². The van der Waals surface area contributed by atoms with Crippen LogP contribution in [0.1, 0.15) is 24.0 Å². The zero-order chi connectivity index (χ0) is 15.0. The number of carbonyl (C=O) groups excluding carboxylic acids is 2. The van der Waals surface area contributed by atoms with Gasteiger partial charge in [0, 0.05) is 6.42 Å². The quantitative estimate of drug-likeness (QED) is 0.627. The Morgan fingerprint density at radius 3 is 2.40 bits per heavy atom. The molecule has 1 aromatic carbocycles. The highest BCUT2D eigenvalue weighted by Gasteiger charge is 2.09. The van der Waals surface area contributed by atoms with Gasteiger partial charge in [0.1, 0.15) is 6.61 Å². The molecule has 7 heteroatoms. The number of amides is 1. The highest BCUT2D eigenvalue weighted by molar-refractivity contribution is 5.80. The maximum Gasteiger partial charge on any atom is 0.533 e. The van der Waals surface area contributed by atoms with E-state index in [-0.39, 0.29) is 19.4 Å². The molecule has 0 unspecified atom stereocenters. The van der Waals surface area contributed by atoms with Crippen LogP contribution in [0.15, 0.2) is 24.3 Å². The summed E-state index contributed by atoms with van der Waals surface area (Å²) in [6, 6.07) is 7.34. The van der Waals surface area contributed by atoms with Crippen molar-refractivity contribution in [3.63, 3.8) is 0 Å². The summed E-state index contributed by atoms with van der Waals surface area (Å²) in [6.07, 6.45) is -1.68. The number of hydrogen-bond acceptors (Lipinski definition) is 5. The van der Waals surface area contributed by atoms with Crippen molar-refractivity contribution < 1.29 is 29.1 Å². The van der Waals surface area contributed by atoms with Crippen LogP contribution in [0.3, 0.4) is 0 Å². The van der Waals surface area contributed by atoms with E-state index in [1.165, 1.54) is 0 Å². The molecule has 0 aliphatic rings. The Morgan fingerprint density at radius 2 is 1.80 bits per heavy atom. The second-order valence-corrected chi connectivity index (χ2v) is 4.05. The summed E-state index contributed by atoms with van der Waals surface area (Å²) in [5, 5.41) is 8.36. The number of carbonyl (C=O) groups is 3. The van der Waals surface area contributed by atoms with Crippen molar-refractivity contribution in [2.75, 3.05) is 0 Å². The fraction of sp³-hybridized carbons (Fsp3) is 0.308. The van der Waals surface area contributed by atoms with E-state index in [1.807, 2.05) is 19.1 Å². The Hall–Kier alpha value is -2.57. The molecule has 0 saturated heterocycles. The number of aryl methyl sites for hydroxylation is 1. The molecule has 0 atom stereocenters. The summed E-state index contributed by atoms with van der Waals surface area (Å²) in [6.45, 7) is 1.95. The molecule has 1 amide bonds. The number of hydrogen-bond donors (Lipinski definition) is 2. The third-order valence-electron chi connectivity index (χ3n) is 2.29. The molecule has 0 saturated carbocycles. The maximum absolute atomic E-state index is 11.2. The predicted octanol–water partition coefficient (Wildman–Crippen LogP) is 1.54. The molecule has 0 radical (unpaired) electrons. The normalized spacial score (nSPS) is 9.65. The first-order valence-electron chi connectivity index (χ1n) is 5.87. The van der Waals surface area contributed by atoms with Gasteiger partial charge in [-0.15, -0.1) is 0 Å². The number of carboxylic acids is 1. The van der Waals surface area contributed by atoms with E-state index in [9.17, 15) is 14.4 Å². The van der Waals surface area contributed by atoms with Gasteiger partial charge in [-0.2, -0.15) is 5.48 Å². The average Bonchev–Trinajstić information content (AvgIpc) is 2.42. The van der Waals surface area contributed by atoms with Crippen molar-refractivity contribution in [3.8, 4) is 0 Å². The molecule has 0 spiro atoms. The average molecular weight is 281 g/mol. The number of rotatable bonds is 5. The highest BCUT2D eigenvalue weighted by atomic mass is 16.8. The van der Waals surface area contributed by atoms with Gasteiger partial charge in [-0.3, -0.25) is 9.59 Å². The summed E-state index contributed by atoms with van der Waals surface area (Å²) in [5.74, 6) is -1.82. The molecule has 7 nitrogen and oxygen atoms in total. The SMILES string of the molecule is Cc1ccc(COC(=O)ONC(=O)CCC(=O)O)cc1. The lowest BCUT2D eigenvalue weighted by atomic mass is 10.2. The van der Waals surface area contributed by atoms with Crippen LogP contribution in [0.4, 0.5) is 4.79 Å². The van der Waals surface area contributed by atoms with E-state index in [0.29, 0.717) is 0 Å². The molecule has 1 rings (SSSR count). The summed E-state index contributed by atoms with van der Waals surface area (Å²) in [4.78, 5) is 36.7. The first-order chi connectivity index (χ1) is 9.47. The number of ether oxygens (including phenoxy) is 1. The van der Waals surface area contributed by atoms with E-state index < -0.39 is 18.0 Å². The molecular formula is C13H15NO6. The minimum atomic E-state index is -1.11. The molecule has 20 heavy (non-hydrogen) atoms. The Labute approximate surface area is 115 Å². The zero-order valence-electron chi connectivity index (χ0n) is 10.9. The Balaban J connectivity index is 2.21. The largest absolute Gasteiger partial charge is 0.533 e. The van der Waals surface area contributed by atoms with Crippen molar-refractivity contribution in [1.82, 2.24) is 5.48 Å². The van der Waals surface area contributed by atoms with Gasteiger partial charge in [0.25, 0.3) is 5.91 Å². The van der Waals surface area contributed by atoms with E-state index >= 15 is 0 Å². The lowest BCUT2D eigenvalue weighted by Crippen LogP contribution is -2.27. The molecule has 1 aromatic rings. The van der Waals surface area contributed by atoms with Crippen molar-refractivity contribution in [2.24, 2.45) is 0 Å². The van der Waals surface area contributed by atoms with Crippen LogP contribution in [-0.4, -0.2) is 23.1 Å². The molecular weight excluding hydrogens is 266 g/mol. The summed E-state index contributed by atoms with van der Waals surface area (Å²) < 4.78 is 4.75. The lowest BCUT2D eigenvalue weighted by Gasteiger charge is -2.06. The fourth-order valence-electron chi connectivity index (χ4n) is 1.23.